The van der Waals surface area contributed by atoms with Crippen LogP contribution in [-0.4, -0.2) is 39.6 Å². The van der Waals surface area contributed by atoms with Gasteiger partial charge in [-0.15, -0.1) is 5.06 Å². The van der Waals surface area contributed by atoms with E-state index in [4.69, 9.17) is 21.3 Å². The molecule has 1 atom stereocenters. The molecule has 1 fully saturated rings. The molecule has 0 N–H and O–H groups in total. The third-order valence-corrected chi connectivity index (χ3v) is 6.48. The minimum absolute atomic E-state index is 0.0194. The van der Waals surface area contributed by atoms with Crippen molar-refractivity contribution in [1.29, 1.82) is 0 Å². The average Bonchev–Trinajstić information content (AvgIpc) is 2.97. The predicted octanol–water partition coefficient (Wildman–Crippen LogP) is 5.58. The van der Waals surface area contributed by atoms with Gasteiger partial charge in [-0.2, -0.15) is 5.06 Å². The summed E-state index contributed by atoms with van der Waals surface area (Å²) in [5.74, 6) is -0.928. The second-order valence-corrected chi connectivity index (χ2v) is 10.1. The van der Waals surface area contributed by atoms with Gasteiger partial charge < -0.3 is 0 Å². The van der Waals surface area contributed by atoms with Crippen LogP contribution in [0.1, 0.15) is 79.3 Å². The average molecular weight is 457 g/mol. The molecule has 0 spiro atoms. The largest absolute Gasteiger partial charge is 0.287 e. The maximum Gasteiger partial charge on any atom is 0.285 e. The highest BCUT2D eigenvalue weighted by atomic mass is 35.5. The molecule has 1 saturated heterocycles. The van der Waals surface area contributed by atoms with E-state index in [2.05, 4.69) is 27.7 Å². The summed E-state index contributed by atoms with van der Waals surface area (Å²) in [5.41, 5.74) is 1.13. The van der Waals surface area contributed by atoms with E-state index in [0.29, 0.717) is 16.1 Å². The summed E-state index contributed by atoms with van der Waals surface area (Å²) < 4.78 is 0. The zero-order valence-electron chi connectivity index (χ0n) is 18.9. The van der Waals surface area contributed by atoms with Crippen LogP contribution >= 0.6 is 11.6 Å². The van der Waals surface area contributed by atoms with Crippen LogP contribution in [0.3, 0.4) is 0 Å². The van der Waals surface area contributed by atoms with Gasteiger partial charge in [-0.1, -0.05) is 35.9 Å². The lowest BCUT2D eigenvalue weighted by Gasteiger charge is -2.52. The molecule has 6 nitrogen and oxygen atoms in total. The highest BCUT2D eigenvalue weighted by Gasteiger charge is 2.44. The van der Waals surface area contributed by atoms with Gasteiger partial charge in [0.25, 0.3) is 11.8 Å². The molecule has 2 aliphatic heterocycles. The Labute approximate surface area is 194 Å². The molecule has 0 aromatic heterocycles. The number of carbonyl (C=O) groups is 2. The Balaban J connectivity index is 1.59. The van der Waals surface area contributed by atoms with Gasteiger partial charge in [0.2, 0.25) is 0 Å². The summed E-state index contributed by atoms with van der Waals surface area (Å²) >= 11 is 6.25. The molecule has 170 valence electrons. The standard InChI is InChI=1S/C25H29ClN2O4/c1-24(2)13-8-14-25(3,4)28(24)32-21(17-9-7-10-18(26)15-17)16-31-27-22(29)19-11-5-6-12-20(19)23(27)30/h5-7,9-12,15,21H,8,13-14,16H2,1-4H3. The van der Waals surface area contributed by atoms with Crippen molar-refractivity contribution < 1.29 is 19.3 Å². The number of rotatable bonds is 6. The lowest BCUT2D eigenvalue weighted by Crippen LogP contribution is -2.58. The summed E-state index contributed by atoms with van der Waals surface area (Å²) in [6, 6.07) is 14.1. The summed E-state index contributed by atoms with van der Waals surface area (Å²) in [6.07, 6.45) is 2.55. The third kappa shape index (κ3) is 4.33. The minimum Gasteiger partial charge on any atom is -0.287 e. The van der Waals surface area contributed by atoms with Crippen molar-refractivity contribution in [3.63, 3.8) is 0 Å². The zero-order chi connectivity index (χ0) is 23.1. The molecule has 1 unspecified atom stereocenters. The van der Waals surface area contributed by atoms with Crippen LogP contribution < -0.4 is 0 Å². The summed E-state index contributed by atoms with van der Waals surface area (Å²) in [6.45, 7) is 8.62. The van der Waals surface area contributed by atoms with Gasteiger partial charge in [-0.25, -0.2) is 0 Å². The minimum atomic E-state index is -0.560. The molecule has 32 heavy (non-hydrogen) atoms. The highest BCUT2D eigenvalue weighted by Crippen LogP contribution is 2.41. The number of halogens is 1. The fourth-order valence-corrected chi connectivity index (χ4v) is 4.91. The number of nitrogens with zero attached hydrogens (tertiary/aromatic N) is 2. The molecule has 2 amide bonds. The predicted molar refractivity (Wildman–Crippen MR) is 122 cm³/mol. The van der Waals surface area contributed by atoms with E-state index >= 15 is 0 Å². The molecule has 2 heterocycles. The lowest BCUT2D eigenvalue weighted by molar-refractivity contribution is -0.318. The van der Waals surface area contributed by atoms with Crippen molar-refractivity contribution in [2.75, 3.05) is 6.61 Å². The first-order valence-corrected chi connectivity index (χ1v) is 11.3. The van der Waals surface area contributed by atoms with Crippen LogP contribution in [0.2, 0.25) is 5.02 Å². The van der Waals surface area contributed by atoms with E-state index < -0.39 is 17.9 Å². The van der Waals surface area contributed by atoms with Crippen molar-refractivity contribution in [3.05, 3.63) is 70.2 Å². The van der Waals surface area contributed by atoms with E-state index in [1.54, 1.807) is 30.3 Å². The van der Waals surface area contributed by atoms with Crippen molar-refractivity contribution in [1.82, 2.24) is 10.1 Å². The maximum absolute atomic E-state index is 12.7. The van der Waals surface area contributed by atoms with Gasteiger partial charge in [0.15, 0.2) is 0 Å². The van der Waals surface area contributed by atoms with Gasteiger partial charge >= 0.3 is 0 Å². The molecule has 7 heteroatoms. The van der Waals surface area contributed by atoms with Crippen LogP contribution in [0.5, 0.6) is 0 Å². The first kappa shape index (κ1) is 22.9. The van der Waals surface area contributed by atoms with E-state index in [9.17, 15) is 9.59 Å². The van der Waals surface area contributed by atoms with E-state index in [-0.39, 0.29) is 17.7 Å². The summed E-state index contributed by atoms with van der Waals surface area (Å²) in [4.78, 5) is 37.8. The third-order valence-electron chi connectivity index (χ3n) is 6.24. The number of hydrogen-bond donors (Lipinski definition) is 0. The first-order chi connectivity index (χ1) is 15.1. The van der Waals surface area contributed by atoms with Crippen LogP contribution in [-0.2, 0) is 9.68 Å². The van der Waals surface area contributed by atoms with E-state index in [0.717, 1.165) is 29.9 Å². The SMILES string of the molecule is CC1(C)CCCC(C)(C)N1OC(CON1C(=O)c2ccccc2C1=O)c1cccc(Cl)c1. The molecule has 0 radical (unpaired) electrons. The second kappa shape index (κ2) is 8.60. The first-order valence-electron chi connectivity index (χ1n) is 10.9. The molecular formula is C25H29ClN2O4. The van der Waals surface area contributed by atoms with Crippen molar-refractivity contribution in [2.45, 2.75) is 64.1 Å². The Morgan fingerprint density at radius 2 is 1.53 bits per heavy atom. The number of piperidine rings is 1. The number of hydrogen-bond acceptors (Lipinski definition) is 5. The van der Waals surface area contributed by atoms with Gasteiger partial charge in [0.1, 0.15) is 12.7 Å². The van der Waals surface area contributed by atoms with Crippen LogP contribution in [0, 0.1) is 0 Å². The Bertz CT molecular complexity index is 985. The van der Waals surface area contributed by atoms with Gasteiger partial charge in [-0.3, -0.25) is 19.3 Å². The molecule has 2 aromatic rings. The van der Waals surface area contributed by atoms with E-state index in [1.807, 2.05) is 23.3 Å². The molecule has 0 aliphatic carbocycles. The highest BCUT2D eigenvalue weighted by molar-refractivity contribution is 6.30. The second-order valence-electron chi connectivity index (χ2n) is 9.67. The monoisotopic (exact) mass is 456 g/mol. The molecular weight excluding hydrogens is 428 g/mol. The molecule has 0 bridgehead atoms. The topological polar surface area (TPSA) is 59.1 Å². The molecule has 2 aliphatic rings. The quantitative estimate of drug-likeness (QED) is 0.531. The summed E-state index contributed by atoms with van der Waals surface area (Å²) in [5, 5.41) is 3.45. The number of carbonyl (C=O) groups excluding carboxylic acids is 2. The Kier molecular flexibility index (Phi) is 6.16. The fourth-order valence-electron chi connectivity index (χ4n) is 4.71. The van der Waals surface area contributed by atoms with Crippen LogP contribution in [0.4, 0.5) is 0 Å². The number of benzene rings is 2. The van der Waals surface area contributed by atoms with E-state index in [1.165, 1.54) is 0 Å². The Hall–Kier alpha value is -2.25. The van der Waals surface area contributed by atoms with Gasteiger partial charge in [-0.05, 0) is 76.8 Å². The fraction of sp³-hybridized carbons (Fsp3) is 0.440. The van der Waals surface area contributed by atoms with Crippen molar-refractivity contribution in [3.8, 4) is 0 Å². The Morgan fingerprint density at radius 3 is 2.09 bits per heavy atom. The lowest BCUT2D eigenvalue weighted by atomic mass is 9.82. The molecule has 2 aromatic carbocycles. The molecule has 0 saturated carbocycles. The van der Waals surface area contributed by atoms with Gasteiger partial charge in [0.05, 0.1) is 11.1 Å². The van der Waals surface area contributed by atoms with Gasteiger partial charge in [0, 0.05) is 16.1 Å². The van der Waals surface area contributed by atoms with Crippen LogP contribution in [0.15, 0.2) is 48.5 Å². The number of amides is 2. The van der Waals surface area contributed by atoms with Crippen molar-refractivity contribution >= 4 is 23.4 Å². The maximum atomic E-state index is 12.7. The van der Waals surface area contributed by atoms with Crippen molar-refractivity contribution in [2.24, 2.45) is 0 Å². The number of imide groups is 1. The smallest absolute Gasteiger partial charge is 0.285 e. The number of hydroxylamine groups is 4. The zero-order valence-corrected chi connectivity index (χ0v) is 19.7. The normalized spacial score (nSPS) is 21.0. The molecule has 4 rings (SSSR count). The summed E-state index contributed by atoms with van der Waals surface area (Å²) in [7, 11) is 0. The van der Waals surface area contributed by atoms with Crippen LogP contribution in [0.25, 0.3) is 0 Å². The Morgan fingerprint density at radius 1 is 0.938 bits per heavy atom. The number of fused-ring (bicyclic) bond motifs is 1.